The van der Waals surface area contributed by atoms with E-state index < -0.39 is 28.9 Å². The van der Waals surface area contributed by atoms with Crippen LogP contribution in [0.15, 0.2) is 27.8 Å². The highest BCUT2D eigenvalue weighted by Crippen LogP contribution is 2.23. The fourth-order valence-corrected chi connectivity index (χ4v) is 1.59. The second kappa shape index (κ2) is 5.19. The van der Waals surface area contributed by atoms with Gasteiger partial charge in [0.1, 0.15) is 17.1 Å². The van der Waals surface area contributed by atoms with Gasteiger partial charge in [0.25, 0.3) is 0 Å². The Morgan fingerprint density at radius 2 is 2.00 bits per heavy atom. The number of carboxylic acids is 1. The predicted molar refractivity (Wildman–Crippen MR) is 68.2 cm³/mol. The first-order valence-corrected chi connectivity index (χ1v) is 5.66. The Labute approximate surface area is 116 Å². The van der Waals surface area contributed by atoms with Gasteiger partial charge >= 0.3 is 23.1 Å². The first-order chi connectivity index (χ1) is 9.81. The van der Waals surface area contributed by atoms with E-state index in [1.54, 1.807) is 0 Å². The second-order valence-corrected chi connectivity index (χ2v) is 4.12. The van der Waals surface area contributed by atoms with Gasteiger partial charge < -0.3 is 9.84 Å². The van der Waals surface area contributed by atoms with E-state index >= 15 is 0 Å². The zero-order valence-electron chi connectivity index (χ0n) is 11.0. The molecule has 0 aliphatic rings. The van der Waals surface area contributed by atoms with Gasteiger partial charge in [-0.1, -0.05) is 0 Å². The molecule has 1 heterocycles. The lowest BCUT2D eigenvalue weighted by Crippen LogP contribution is -2.38. The highest BCUT2D eigenvalue weighted by Gasteiger charge is 2.17. The Hall–Kier alpha value is -2.97. The summed E-state index contributed by atoms with van der Waals surface area (Å²) in [6.07, 6.45) is 0. The highest BCUT2D eigenvalue weighted by atomic mass is 19.1. The lowest BCUT2D eigenvalue weighted by molar-refractivity contribution is 0.0694. The summed E-state index contributed by atoms with van der Waals surface area (Å²) in [6.45, 7) is 0. The number of ether oxygens (including phenoxy) is 1. The van der Waals surface area contributed by atoms with Gasteiger partial charge in [-0.05, 0) is 12.1 Å². The molecular weight excluding hydrogens is 285 g/mol. The SMILES string of the molecule is Cn1nc(Oc2cc(F)ccc2C(=O)O)c(=O)n(C)c1=O. The third-order valence-electron chi connectivity index (χ3n) is 2.67. The molecule has 0 amide bonds. The Balaban J connectivity index is 2.58. The van der Waals surface area contributed by atoms with Crippen molar-refractivity contribution < 1.29 is 19.0 Å². The molecule has 9 heteroatoms. The molecule has 0 aliphatic heterocycles. The summed E-state index contributed by atoms with van der Waals surface area (Å²) in [4.78, 5) is 34.3. The lowest BCUT2D eigenvalue weighted by Gasteiger charge is -2.09. The van der Waals surface area contributed by atoms with Crippen LogP contribution in [0.4, 0.5) is 4.39 Å². The third kappa shape index (κ3) is 2.66. The van der Waals surface area contributed by atoms with E-state index in [2.05, 4.69) is 5.10 Å². The van der Waals surface area contributed by atoms with Crippen LogP contribution in [0.3, 0.4) is 0 Å². The minimum Gasteiger partial charge on any atom is -0.478 e. The summed E-state index contributed by atoms with van der Waals surface area (Å²) in [7, 11) is 2.50. The molecule has 8 nitrogen and oxygen atoms in total. The predicted octanol–water partition coefficient (Wildman–Crippen LogP) is 0.109. The van der Waals surface area contributed by atoms with Crippen LogP contribution in [-0.2, 0) is 14.1 Å². The van der Waals surface area contributed by atoms with E-state index in [1.165, 1.54) is 14.1 Å². The van der Waals surface area contributed by atoms with Crippen LogP contribution >= 0.6 is 0 Å². The molecule has 0 radical (unpaired) electrons. The average Bonchev–Trinajstić information content (AvgIpc) is 2.42. The van der Waals surface area contributed by atoms with E-state index in [1.807, 2.05) is 0 Å². The van der Waals surface area contributed by atoms with Gasteiger partial charge in [0.05, 0.1) is 0 Å². The van der Waals surface area contributed by atoms with Crippen molar-refractivity contribution in [3.05, 3.63) is 50.4 Å². The Bertz CT molecular complexity index is 840. The Morgan fingerprint density at radius 1 is 1.33 bits per heavy atom. The molecule has 110 valence electrons. The Kier molecular flexibility index (Phi) is 3.57. The lowest BCUT2D eigenvalue weighted by atomic mass is 10.2. The number of carbonyl (C=O) groups is 1. The standard InChI is InChI=1S/C12H10FN3O5/c1-15-10(17)9(14-16(2)12(15)20)21-8-5-6(13)3-4-7(8)11(18)19/h3-5H,1-2H3,(H,18,19). The number of rotatable bonds is 3. The number of hydrogen-bond donors (Lipinski definition) is 1. The normalized spacial score (nSPS) is 10.4. The van der Waals surface area contributed by atoms with Crippen LogP contribution in [0.5, 0.6) is 11.6 Å². The molecule has 0 unspecified atom stereocenters. The number of halogens is 1. The first kappa shape index (κ1) is 14.4. The molecule has 0 atom stereocenters. The fourth-order valence-electron chi connectivity index (χ4n) is 1.59. The molecule has 2 aromatic rings. The summed E-state index contributed by atoms with van der Waals surface area (Å²) in [6, 6.07) is 2.76. The van der Waals surface area contributed by atoms with Crippen molar-refractivity contribution in [3.8, 4) is 11.6 Å². The van der Waals surface area contributed by atoms with Crippen molar-refractivity contribution in [1.29, 1.82) is 0 Å². The molecular formula is C12H10FN3O5. The van der Waals surface area contributed by atoms with E-state index in [-0.39, 0.29) is 11.3 Å². The maximum Gasteiger partial charge on any atom is 0.347 e. The fraction of sp³-hybridized carbons (Fsp3) is 0.167. The summed E-state index contributed by atoms with van der Waals surface area (Å²) in [5.74, 6) is -3.01. The van der Waals surface area contributed by atoms with E-state index in [9.17, 15) is 18.8 Å². The van der Waals surface area contributed by atoms with Gasteiger partial charge in [-0.2, -0.15) is 0 Å². The molecule has 2 rings (SSSR count). The smallest absolute Gasteiger partial charge is 0.347 e. The molecule has 0 bridgehead atoms. The number of aromatic nitrogens is 3. The van der Waals surface area contributed by atoms with Crippen molar-refractivity contribution in [2.24, 2.45) is 14.1 Å². The summed E-state index contributed by atoms with van der Waals surface area (Å²) >= 11 is 0. The molecule has 0 saturated carbocycles. The summed E-state index contributed by atoms with van der Waals surface area (Å²) < 4.78 is 19.9. The van der Waals surface area contributed by atoms with Crippen LogP contribution in [0, 0.1) is 5.82 Å². The van der Waals surface area contributed by atoms with E-state index in [0.717, 1.165) is 27.4 Å². The molecule has 1 aromatic carbocycles. The highest BCUT2D eigenvalue weighted by molar-refractivity contribution is 5.90. The molecule has 0 fully saturated rings. The van der Waals surface area contributed by atoms with Gasteiger partial charge in [-0.15, -0.1) is 5.10 Å². The van der Waals surface area contributed by atoms with Crippen LogP contribution in [0.1, 0.15) is 10.4 Å². The van der Waals surface area contributed by atoms with E-state index in [4.69, 9.17) is 9.84 Å². The van der Waals surface area contributed by atoms with Crippen LogP contribution < -0.4 is 16.0 Å². The zero-order valence-corrected chi connectivity index (χ0v) is 11.0. The van der Waals surface area contributed by atoms with Crippen LogP contribution in [0.25, 0.3) is 0 Å². The minimum atomic E-state index is -1.35. The Morgan fingerprint density at radius 3 is 2.62 bits per heavy atom. The molecule has 0 aliphatic carbocycles. The molecule has 0 spiro atoms. The number of aryl methyl sites for hydroxylation is 1. The molecule has 0 saturated heterocycles. The van der Waals surface area contributed by atoms with Crippen LogP contribution in [-0.4, -0.2) is 25.4 Å². The third-order valence-corrected chi connectivity index (χ3v) is 2.67. The van der Waals surface area contributed by atoms with Crippen molar-refractivity contribution in [2.75, 3.05) is 0 Å². The number of hydrogen-bond acceptors (Lipinski definition) is 5. The zero-order chi connectivity index (χ0) is 15.7. The van der Waals surface area contributed by atoms with Crippen molar-refractivity contribution >= 4 is 5.97 Å². The van der Waals surface area contributed by atoms with E-state index in [0.29, 0.717) is 0 Å². The maximum atomic E-state index is 13.2. The first-order valence-electron chi connectivity index (χ1n) is 5.66. The summed E-state index contributed by atoms with van der Waals surface area (Å²) in [5, 5.41) is 12.6. The molecule has 1 aromatic heterocycles. The minimum absolute atomic E-state index is 0.339. The van der Waals surface area contributed by atoms with Gasteiger partial charge in [0.2, 0.25) is 0 Å². The number of nitrogens with zero attached hydrogens (tertiary/aromatic N) is 3. The maximum absolute atomic E-state index is 13.2. The monoisotopic (exact) mass is 295 g/mol. The largest absolute Gasteiger partial charge is 0.478 e. The van der Waals surface area contributed by atoms with Gasteiger partial charge in [0.15, 0.2) is 0 Å². The average molecular weight is 295 g/mol. The van der Waals surface area contributed by atoms with Gasteiger partial charge in [0, 0.05) is 20.2 Å². The van der Waals surface area contributed by atoms with Crippen LogP contribution in [0.2, 0.25) is 0 Å². The molecule has 21 heavy (non-hydrogen) atoms. The van der Waals surface area contributed by atoms with Crippen molar-refractivity contribution in [1.82, 2.24) is 14.3 Å². The van der Waals surface area contributed by atoms with Crippen molar-refractivity contribution in [3.63, 3.8) is 0 Å². The topological polar surface area (TPSA) is 103 Å². The van der Waals surface area contributed by atoms with Gasteiger partial charge in [-0.25, -0.2) is 18.7 Å². The van der Waals surface area contributed by atoms with Crippen molar-refractivity contribution in [2.45, 2.75) is 0 Å². The quantitative estimate of drug-likeness (QED) is 0.862. The van der Waals surface area contributed by atoms with Gasteiger partial charge in [-0.3, -0.25) is 9.36 Å². The number of carboxylic acid groups (broad SMARTS) is 1. The number of aromatic carboxylic acids is 1. The molecule has 1 N–H and O–H groups in total. The second-order valence-electron chi connectivity index (χ2n) is 4.12. The number of benzene rings is 1. The summed E-state index contributed by atoms with van der Waals surface area (Å²) in [5.41, 5.74) is -1.88.